The zero-order valence-electron chi connectivity index (χ0n) is 14.5. The first-order chi connectivity index (χ1) is 12.5. The van der Waals surface area contributed by atoms with E-state index in [0.29, 0.717) is 23.0 Å². The van der Waals surface area contributed by atoms with Crippen LogP contribution in [0.1, 0.15) is 29.4 Å². The summed E-state index contributed by atoms with van der Waals surface area (Å²) in [6, 6.07) is 12.8. The molecule has 2 aromatic rings. The van der Waals surface area contributed by atoms with Crippen molar-refractivity contribution >= 4 is 39.7 Å². The first kappa shape index (κ1) is 18.1. The van der Waals surface area contributed by atoms with Crippen LogP contribution in [-0.2, 0) is 9.59 Å². The lowest BCUT2D eigenvalue weighted by Crippen LogP contribution is -2.43. The van der Waals surface area contributed by atoms with Crippen molar-refractivity contribution in [1.29, 1.82) is 0 Å². The quantitative estimate of drug-likeness (QED) is 0.866. The Balaban J connectivity index is 1.62. The SMILES string of the molecule is CC(=O)Nc1ccc(C(=O)N2CCC[C@@H](C(=O)Nc3ccccc3)C2)s1. The molecule has 0 aliphatic carbocycles. The Bertz CT molecular complexity index is 803. The van der Waals surface area contributed by atoms with E-state index in [2.05, 4.69) is 10.6 Å². The van der Waals surface area contributed by atoms with Gasteiger partial charge in [-0.05, 0) is 37.1 Å². The van der Waals surface area contributed by atoms with Gasteiger partial charge >= 0.3 is 0 Å². The van der Waals surface area contributed by atoms with Crippen LogP contribution in [0.25, 0.3) is 0 Å². The van der Waals surface area contributed by atoms with Crippen molar-refractivity contribution in [2.75, 3.05) is 23.7 Å². The molecule has 0 saturated carbocycles. The maximum Gasteiger partial charge on any atom is 0.264 e. The van der Waals surface area contributed by atoms with Gasteiger partial charge in [0.15, 0.2) is 0 Å². The highest BCUT2D eigenvalue weighted by Gasteiger charge is 2.29. The summed E-state index contributed by atoms with van der Waals surface area (Å²) < 4.78 is 0. The number of amides is 3. The van der Waals surface area contributed by atoms with E-state index in [1.54, 1.807) is 17.0 Å². The van der Waals surface area contributed by atoms with Crippen molar-refractivity contribution in [3.05, 3.63) is 47.3 Å². The number of piperidine rings is 1. The molecule has 3 rings (SSSR count). The average Bonchev–Trinajstić information content (AvgIpc) is 3.09. The molecule has 0 unspecified atom stereocenters. The van der Waals surface area contributed by atoms with Gasteiger partial charge in [-0.2, -0.15) is 0 Å². The van der Waals surface area contributed by atoms with Crippen LogP contribution < -0.4 is 10.6 Å². The number of nitrogens with zero attached hydrogens (tertiary/aromatic N) is 1. The zero-order chi connectivity index (χ0) is 18.5. The molecule has 1 saturated heterocycles. The second-order valence-corrected chi connectivity index (χ2v) is 7.37. The average molecular weight is 371 g/mol. The van der Waals surface area contributed by atoms with Crippen molar-refractivity contribution in [2.45, 2.75) is 19.8 Å². The summed E-state index contributed by atoms with van der Waals surface area (Å²) in [5, 5.41) is 6.25. The third kappa shape index (κ3) is 4.49. The second kappa shape index (κ2) is 8.14. The van der Waals surface area contributed by atoms with E-state index < -0.39 is 0 Å². The largest absolute Gasteiger partial charge is 0.337 e. The summed E-state index contributed by atoms with van der Waals surface area (Å²) in [6.07, 6.45) is 1.56. The lowest BCUT2D eigenvalue weighted by atomic mass is 9.97. The van der Waals surface area contributed by atoms with E-state index in [1.807, 2.05) is 30.3 Å². The van der Waals surface area contributed by atoms with Gasteiger partial charge in [0.2, 0.25) is 11.8 Å². The Labute approximate surface area is 156 Å². The highest BCUT2D eigenvalue weighted by molar-refractivity contribution is 7.18. The number of hydrogen-bond donors (Lipinski definition) is 2. The molecule has 0 radical (unpaired) electrons. The van der Waals surface area contributed by atoms with Crippen LogP contribution in [0.5, 0.6) is 0 Å². The summed E-state index contributed by atoms with van der Waals surface area (Å²) >= 11 is 1.25. The number of para-hydroxylation sites is 1. The molecule has 2 heterocycles. The van der Waals surface area contributed by atoms with Gasteiger partial charge in [-0.25, -0.2) is 0 Å². The van der Waals surface area contributed by atoms with Crippen molar-refractivity contribution in [1.82, 2.24) is 4.90 Å². The Kier molecular flexibility index (Phi) is 5.68. The Hall–Kier alpha value is -2.67. The maximum atomic E-state index is 12.7. The van der Waals surface area contributed by atoms with Gasteiger partial charge in [-0.1, -0.05) is 18.2 Å². The van der Waals surface area contributed by atoms with E-state index in [-0.39, 0.29) is 23.6 Å². The van der Waals surface area contributed by atoms with Crippen molar-refractivity contribution < 1.29 is 14.4 Å². The Morgan fingerprint density at radius 3 is 2.58 bits per heavy atom. The number of hydrogen-bond acceptors (Lipinski definition) is 4. The summed E-state index contributed by atoms with van der Waals surface area (Å²) in [5.41, 5.74) is 0.763. The summed E-state index contributed by atoms with van der Waals surface area (Å²) in [5.74, 6) is -0.535. The van der Waals surface area contributed by atoms with E-state index in [9.17, 15) is 14.4 Å². The molecule has 1 aliphatic heterocycles. The second-order valence-electron chi connectivity index (χ2n) is 6.29. The molecule has 1 aromatic heterocycles. The number of thiophene rings is 1. The van der Waals surface area contributed by atoms with Crippen molar-refractivity contribution in [3.8, 4) is 0 Å². The van der Waals surface area contributed by atoms with Gasteiger partial charge in [0.05, 0.1) is 15.8 Å². The van der Waals surface area contributed by atoms with Crippen LogP contribution in [0.15, 0.2) is 42.5 Å². The smallest absolute Gasteiger partial charge is 0.264 e. The highest BCUT2D eigenvalue weighted by atomic mass is 32.1. The molecule has 1 atom stereocenters. The first-order valence-corrected chi connectivity index (χ1v) is 9.37. The summed E-state index contributed by atoms with van der Waals surface area (Å²) in [6.45, 7) is 2.48. The maximum absolute atomic E-state index is 12.7. The number of nitrogens with one attached hydrogen (secondary N) is 2. The minimum Gasteiger partial charge on any atom is -0.337 e. The van der Waals surface area contributed by atoms with E-state index in [4.69, 9.17) is 0 Å². The molecule has 1 fully saturated rings. The summed E-state index contributed by atoms with van der Waals surface area (Å²) in [4.78, 5) is 38.6. The van der Waals surface area contributed by atoms with Crippen LogP contribution in [0.2, 0.25) is 0 Å². The van der Waals surface area contributed by atoms with Crippen molar-refractivity contribution in [2.24, 2.45) is 5.92 Å². The van der Waals surface area contributed by atoms with Gasteiger partial charge in [-0.15, -0.1) is 11.3 Å². The number of carbonyl (C=O) groups is 3. The fourth-order valence-electron chi connectivity index (χ4n) is 2.99. The molecule has 0 bridgehead atoms. The van der Waals surface area contributed by atoms with Crippen molar-refractivity contribution in [3.63, 3.8) is 0 Å². The molecular weight excluding hydrogens is 350 g/mol. The molecule has 6 nitrogen and oxygen atoms in total. The zero-order valence-corrected chi connectivity index (χ0v) is 15.3. The molecule has 0 spiro atoms. The predicted octanol–water partition coefficient (Wildman–Crippen LogP) is 3.20. The van der Waals surface area contributed by atoms with E-state index in [1.165, 1.54) is 18.3 Å². The summed E-state index contributed by atoms with van der Waals surface area (Å²) in [7, 11) is 0. The van der Waals surface area contributed by atoms with Crippen LogP contribution in [-0.4, -0.2) is 35.7 Å². The molecule has 3 amide bonds. The van der Waals surface area contributed by atoms with Crippen LogP contribution >= 0.6 is 11.3 Å². The number of carbonyl (C=O) groups excluding carboxylic acids is 3. The van der Waals surface area contributed by atoms with Gasteiger partial charge < -0.3 is 15.5 Å². The van der Waals surface area contributed by atoms with Gasteiger partial charge in [0.1, 0.15) is 0 Å². The molecule has 2 N–H and O–H groups in total. The third-order valence-corrected chi connectivity index (χ3v) is 5.23. The normalized spacial score (nSPS) is 16.8. The fourth-order valence-corrected chi connectivity index (χ4v) is 3.91. The standard InChI is InChI=1S/C19H21N3O3S/c1-13(23)20-17-10-9-16(26-17)19(25)22-11-5-6-14(12-22)18(24)21-15-7-3-2-4-8-15/h2-4,7-10,14H,5-6,11-12H2,1H3,(H,20,23)(H,21,24)/t14-/m1/s1. The molecule has 1 aliphatic rings. The minimum absolute atomic E-state index is 0.0567. The van der Waals surface area contributed by atoms with E-state index in [0.717, 1.165) is 18.5 Å². The third-order valence-electron chi connectivity index (χ3n) is 4.24. The highest BCUT2D eigenvalue weighted by Crippen LogP contribution is 2.26. The molecular formula is C19H21N3O3S. The van der Waals surface area contributed by atoms with Gasteiger partial charge in [-0.3, -0.25) is 14.4 Å². The topological polar surface area (TPSA) is 78.5 Å². The lowest BCUT2D eigenvalue weighted by molar-refractivity contribution is -0.121. The number of likely N-dealkylation sites (tertiary alicyclic amines) is 1. The molecule has 136 valence electrons. The predicted molar refractivity (Wildman–Crippen MR) is 102 cm³/mol. The van der Waals surface area contributed by atoms with Crippen LogP contribution in [0, 0.1) is 5.92 Å². The van der Waals surface area contributed by atoms with Gasteiger partial charge in [0.25, 0.3) is 5.91 Å². The number of rotatable bonds is 4. The molecule has 26 heavy (non-hydrogen) atoms. The minimum atomic E-state index is -0.220. The number of benzene rings is 1. The Morgan fingerprint density at radius 1 is 1.08 bits per heavy atom. The first-order valence-electron chi connectivity index (χ1n) is 8.55. The van der Waals surface area contributed by atoms with E-state index >= 15 is 0 Å². The molecule has 1 aromatic carbocycles. The Morgan fingerprint density at radius 2 is 1.85 bits per heavy atom. The fraction of sp³-hybridized carbons (Fsp3) is 0.316. The van der Waals surface area contributed by atoms with Crippen LogP contribution in [0.4, 0.5) is 10.7 Å². The van der Waals surface area contributed by atoms with Gasteiger partial charge in [0, 0.05) is 25.7 Å². The monoisotopic (exact) mass is 371 g/mol. The number of anilines is 2. The van der Waals surface area contributed by atoms with Crippen LogP contribution in [0.3, 0.4) is 0 Å². The molecule has 7 heteroatoms. The lowest BCUT2D eigenvalue weighted by Gasteiger charge is -2.31.